The van der Waals surface area contributed by atoms with Crippen LogP contribution in [0.5, 0.6) is 0 Å². The fraction of sp³-hybridized carbons (Fsp3) is 0.692. The zero-order valence-corrected chi connectivity index (χ0v) is 11.0. The summed E-state index contributed by atoms with van der Waals surface area (Å²) in [5.41, 5.74) is 1.21. The first-order valence-corrected chi connectivity index (χ1v) is 6.56. The third-order valence-corrected chi connectivity index (χ3v) is 3.13. The molecule has 4 heteroatoms. The zero-order valence-electron chi connectivity index (χ0n) is 11.0. The predicted octanol–water partition coefficient (Wildman–Crippen LogP) is 1.88. The van der Waals surface area contributed by atoms with Crippen LogP contribution < -0.4 is 10.2 Å². The zero-order chi connectivity index (χ0) is 12.3. The molecule has 0 aromatic carbocycles. The second-order valence-corrected chi connectivity index (χ2v) is 4.56. The van der Waals surface area contributed by atoms with Gasteiger partial charge in [0, 0.05) is 30.9 Å². The largest absolute Gasteiger partial charge is 0.354 e. The van der Waals surface area contributed by atoms with Crippen molar-refractivity contribution >= 4 is 5.82 Å². The molecule has 0 unspecified atom stereocenters. The van der Waals surface area contributed by atoms with Crippen LogP contribution in [0.25, 0.3) is 0 Å². The molecule has 1 aromatic heterocycles. The third kappa shape index (κ3) is 2.94. The summed E-state index contributed by atoms with van der Waals surface area (Å²) in [6, 6.07) is 0.703. The van der Waals surface area contributed by atoms with E-state index in [0.29, 0.717) is 6.04 Å². The first kappa shape index (κ1) is 12.3. The Kier molecular flexibility index (Phi) is 3.94. The fourth-order valence-corrected chi connectivity index (χ4v) is 2.08. The van der Waals surface area contributed by atoms with Crippen molar-refractivity contribution < 1.29 is 0 Å². The van der Waals surface area contributed by atoms with E-state index in [9.17, 15) is 0 Å². The van der Waals surface area contributed by atoms with E-state index in [-0.39, 0.29) is 0 Å². The minimum absolute atomic E-state index is 0.703. The normalized spacial score (nSPS) is 15.0. The summed E-state index contributed by atoms with van der Waals surface area (Å²) in [7, 11) is 0. The summed E-state index contributed by atoms with van der Waals surface area (Å²) in [6.07, 6.45) is 4.57. The van der Waals surface area contributed by atoms with Crippen molar-refractivity contribution in [2.75, 3.05) is 18.0 Å². The standard InChI is InChI=1S/C13H22N4/c1-4-14-8-11-9-15-10(3)16-13(11)17(5-2)12-6-7-12/h9,12,14H,4-8H2,1-3H3. The molecule has 1 aromatic rings. The Labute approximate surface area is 103 Å². The van der Waals surface area contributed by atoms with Gasteiger partial charge in [0.1, 0.15) is 11.6 Å². The van der Waals surface area contributed by atoms with Crippen molar-refractivity contribution in [3.05, 3.63) is 17.6 Å². The molecular formula is C13H22N4. The fourth-order valence-electron chi connectivity index (χ4n) is 2.08. The maximum absolute atomic E-state index is 4.63. The highest BCUT2D eigenvalue weighted by Gasteiger charge is 2.30. The van der Waals surface area contributed by atoms with Gasteiger partial charge >= 0.3 is 0 Å². The van der Waals surface area contributed by atoms with Crippen LogP contribution in [0.3, 0.4) is 0 Å². The van der Waals surface area contributed by atoms with Crippen molar-refractivity contribution in [2.24, 2.45) is 0 Å². The van der Waals surface area contributed by atoms with Gasteiger partial charge in [0.15, 0.2) is 0 Å². The number of hydrogen-bond acceptors (Lipinski definition) is 4. The van der Waals surface area contributed by atoms with Crippen molar-refractivity contribution in [1.29, 1.82) is 0 Å². The minimum atomic E-state index is 0.703. The lowest BCUT2D eigenvalue weighted by atomic mass is 10.2. The molecule has 1 aliphatic rings. The Morgan fingerprint density at radius 2 is 2.18 bits per heavy atom. The number of hydrogen-bond donors (Lipinski definition) is 1. The molecule has 94 valence electrons. The maximum Gasteiger partial charge on any atom is 0.137 e. The van der Waals surface area contributed by atoms with E-state index in [1.807, 2.05) is 13.1 Å². The molecule has 0 spiro atoms. The molecule has 1 N–H and O–H groups in total. The van der Waals surface area contributed by atoms with Crippen molar-refractivity contribution in [3.8, 4) is 0 Å². The lowest BCUT2D eigenvalue weighted by molar-refractivity contribution is 0.706. The van der Waals surface area contributed by atoms with Gasteiger partial charge in [-0.15, -0.1) is 0 Å². The van der Waals surface area contributed by atoms with Crippen LogP contribution in [0.15, 0.2) is 6.20 Å². The van der Waals surface area contributed by atoms with E-state index in [1.165, 1.54) is 18.4 Å². The van der Waals surface area contributed by atoms with Gasteiger partial charge in [-0.05, 0) is 33.2 Å². The summed E-state index contributed by atoms with van der Waals surface area (Å²) >= 11 is 0. The van der Waals surface area contributed by atoms with Gasteiger partial charge in [-0.3, -0.25) is 0 Å². The molecule has 4 nitrogen and oxygen atoms in total. The van der Waals surface area contributed by atoms with E-state index in [0.717, 1.165) is 31.3 Å². The topological polar surface area (TPSA) is 41.1 Å². The van der Waals surface area contributed by atoms with Gasteiger partial charge in [0.2, 0.25) is 0 Å². The summed E-state index contributed by atoms with van der Waals surface area (Å²) in [4.78, 5) is 11.4. The SMILES string of the molecule is CCNCc1cnc(C)nc1N(CC)C1CC1. The molecule has 0 atom stereocenters. The van der Waals surface area contributed by atoms with Crippen LogP contribution in [0.1, 0.15) is 38.1 Å². The average Bonchev–Trinajstić information content (AvgIpc) is 3.13. The molecule has 17 heavy (non-hydrogen) atoms. The highest BCUT2D eigenvalue weighted by molar-refractivity contribution is 5.48. The van der Waals surface area contributed by atoms with Gasteiger partial charge in [0.05, 0.1) is 0 Å². The van der Waals surface area contributed by atoms with E-state index >= 15 is 0 Å². The van der Waals surface area contributed by atoms with E-state index < -0.39 is 0 Å². The van der Waals surface area contributed by atoms with Crippen LogP contribution in [-0.4, -0.2) is 29.1 Å². The summed E-state index contributed by atoms with van der Waals surface area (Å²) in [5.74, 6) is 1.99. The minimum Gasteiger partial charge on any atom is -0.354 e. The number of rotatable bonds is 6. The molecule has 1 saturated carbocycles. The summed E-state index contributed by atoms with van der Waals surface area (Å²) in [6.45, 7) is 9.14. The van der Waals surface area contributed by atoms with E-state index in [1.54, 1.807) is 0 Å². The summed E-state index contributed by atoms with van der Waals surface area (Å²) in [5, 5.41) is 3.36. The number of aryl methyl sites for hydroxylation is 1. The Hall–Kier alpha value is -1.16. The quantitative estimate of drug-likeness (QED) is 0.816. The molecule has 2 rings (SSSR count). The summed E-state index contributed by atoms with van der Waals surface area (Å²) < 4.78 is 0. The molecule has 1 heterocycles. The second-order valence-electron chi connectivity index (χ2n) is 4.56. The predicted molar refractivity (Wildman–Crippen MR) is 70.2 cm³/mol. The van der Waals surface area contributed by atoms with Crippen LogP contribution in [0, 0.1) is 6.92 Å². The lowest BCUT2D eigenvalue weighted by Crippen LogP contribution is -2.28. The second kappa shape index (κ2) is 5.45. The Morgan fingerprint density at radius 3 is 2.76 bits per heavy atom. The third-order valence-electron chi connectivity index (χ3n) is 3.13. The van der Waals surface area contributed by atoms with Crippen LogP contribution >= 0.6 is 0 Å². The molecule has 0 amide bonds. The molecular weight excluding hydrogens is 212 g/mol. The van der Waals surface area contributed by atoms with E-state index in [2.05, 4.69) is 34.0 Å². The number of nitrogens with one attached hydrogen (secondary N) is 1. The maximum atomic E-state index is 4.63. The monoisotopic (exact) mass is 234 g/mol. The average molecular weight is 234 g/mol. The number of aromatic nitrogens is 2. The van der Waals surface area contributed by atoms with Gasteiger partial charge in [-0.2, -0.15) is 0 Å². The van der Waals surface area contributed by atoms with Crippen LogP contribution in [0.2, 0.25) is 0 Å². The first-order valence-electron chi connectivity index (χ1n) is 6.56. The first-order chi connectivity index (χ1) is 8.26. The Bertz CT molecular complexity index is 374. The molecule has 0 radical (unpaired) electrons. The van der Waals surface area contributed by atoms with Gasteiger partial charge in [0.25, 0.3) is 0 Å². The number of nitrogens with zero attached hydrogens (tertiary/aromatic N) is 3. The molecule has 0 bridgehead atoms. The number of anilines is 1. The lowest BCUT2D eigenvalue weighted by Gasteiger charge is -2.24. The molecule has 1 fully saturated rings. The van der Waals surface area contributed by atoms with Crippen LogP contribution in [0.4, 0.5) is 5.82 Å². The van der Waals surface area contributed by atoms with Crippen molar-refractivity contribution in [3.63, 3.8) is 0 Å². The van der Waals surface area contributed by atoms with Gasteiger partial charge in [-0.1, -0.05) is 6.92 Å². The Morgan fingerprint density at radius 1 is 1.41 bits per heavy atom. The highest BCUT2D eigenvalue weighted by atomic mass is 15.2. The highest BCUT2D eigenvalue weighted by Crippen LogP contribution is 2.31. The van der Waals surface area contributed by atoms with Crippen molar-refractivity contribution in [1.82, 2.24) is 15.3 Å². The van der Waals surface area contributed by atoms with Crippen LogP contribution in [-0.2, 0) is 6.54 Å². The molecule has 1 aliphatic carbocycles. The van der Waals surface area contributed by atoms with Gasteiger partial charge in [-0.25, -0.2) is 9.97 Å². The smallest absolute Gasteiger partial charge is 0.137 e. The molecule has 0 aliphatic heterocycles. The Balaban J connectivity index is 2.24. The van der Waals surface area contributed by atoms with Crippen molar-refractivity contribution in [2.45, 2.75) is 46.2 Å². The van der Waals surface area contributed by atoms with E-state index in [4.69, 9.17) is 0 Å². The molecule has 0 saturated heterocycles. The van der Waals surface area contributed by atoms with Gasteiger partial charge < -0.3 is 10.2 Å².